The average molecular weight is 215 g/mol. The third-order valence-corrected chi connectivity index (χ3v) is 2.95. The zero-order valence-electron chi connectivity index (χ0n) is 8.02. The van der Waals surface area contributed by atoms with E-state index in [-0.39, 0.29) is 0 Å². The molecule has 1 aromatic rings. The Morgan fingerprint density at radius 2 is 2.21 bits per heavy atom. The molecule has 5 nitrogen and oxygen atoms in total. The fraction of sp³-hybridized carbons (Fsp3) is 0.750. The van der Waals surface area contributed by atoms with Gasteiger partial charge in [0.2, 0.25) is 5.13 Å². The van der Waals surface area contributed by atoms with Crippen LogP contribution in [0.2, 0.25) is 0 Å². The number of anilines is 1. The number of aromatic nitrogens is 2. The lowest BCUT2D eigenvalue weighted by molar-refractivity contribution is 0.0904. The van der Waals surface area contributed by atoms with Gasteiger partial charge in [-0.2, -0.15) is 0 Å². The van der Waals surface area contributed by atoms with E-state index >= 15 is 0 Å². The summed E-state index contributed by atoms with van der Waals surface area (Å²) < 4.78 is 10.2. The second-order valence-electron chi connectivity index (χ2n) is 3.11. The first kappa shape index (κ1) is 9.67. The summed E-state index contributed by atoms with van der Waals surface area (Å²) in [6.07, 6.45) is 2.06. The van der Waals surface area contributed by atoms with Gasteiger partial charge in [-0.25, -0.2) is 0 Å². The Balaban J connectivity index is 1.89. The molecule has 1 aromatic heterocycles. The van der Waals surface area contributed by atoms with Crippen LogP contribution in [0.25, 0.3) is 0 Å². The van der Waals surface area contributed by atoms with Crippen LogP contribution in [-0.2, 0) is 4.74 Å². The first-order valence-electron chi connectivity index (χ1n) is 4.60. The number of rotatable bonds is 3. The van der Waals surface area contributed by atoms with Crippen molar-refractivity contribution in [3.63, 3.8) is 0 Å². The molecule has 6 heteroatoms. The van der Waals surface area contributed by atoms with Gasteiger partial charge in [-0.3, -0.25) is 0 Å². The maximum absolute atomic E-state index is 5.27. The van der Waals surface area contributed by atoms with Crippen molar-refractivity contribution in [2.45, 2.75) is 18.9 Å². The molecule has 0 unspecified atom stereocenters. The van der Waals surface area contributed by atoms with Gasteiger partial charge in [0.15, 0.2) is 0 Å². The predicted molar refractivity (Wildman–Crippen MR) is 53.9 cm³/mol. The highest BCUT2D eigenvalue weighted by molar-refractivity contribution is 7.16. The molecule has 14 heavy (non-hydrogen) atoms. The van der Waals surface area contributed by atoms with Gasteiger partial charge < -0.3 is 14.8 Å². The first-order valence-corrected chi connectivity index (χ1v) is 5.42. The Morgan fingerprint density at radius 3 is 2.86 bits per heavy atom. The summed E-state index contributed by atoms with van der Waals surface area (Å²) >= 11 is 1.43. The quantitative estimate of drug-likeness (QED) is 0.819. The molecule has 0 atom stereocenters. The van der Waals surface area contributed by atoms with Crippen LogP contribution in [0.1, 0.15) is 12.8 Å². The topological polar surface area (TPSA) is 56.3 Å². The maximum atomic E-state index is 5.27. The van der Waals surface area contributed by atoms with Gasteiger partial charge in [-0.05, 0) is 24.2 Å². The lowest BCUT2D eigenvalue weighted by Gasteiger charge is -2.22. The minimum Gasteiger partial charge on any atom is -0.472 e. The lowest BCUT2D eigenvalue weighted by atomic mass is 10.1. The molecular weight excluding hydrogens is 202 g/mol. The van der Waals surface area contributed by atoms with E-state index in [1.165, 1.54) is 11.3 Å². The van der Waals surface area contributed by atoms with Crippen LogP contribution in [0.15, 0.2) is 0 Å². The van der Waals surface area contributed by atoms with Crippen molar-refractivity contribution in [1.82, 2.24) is 10.2 Å². The third-order valence-electron chi connectivity index (χ3n) is 2.13. The first-order chi connectivity index (χ1) is 6.88. The van der Waals surface area contributed by atoms with E-state index in [0.717, 1.165) is 31.2 Å². The Labute approximate surface area is 86.4 Å². The number of nitrogens with zero attached hydrogens (tertiary/aromatic N) is 2. The van der Waals surface area contributed by atoms with Crippen LogP contribution < -0.4 is 10.1 Å². The van der Waals surface area contributed by atoms with Gasteiger partial charge in [0, 0.05) is 19.3 Å². The third kappa shape index (κ3) is 2.33. The molecule has 78 valence electrons. The van der Waals surface area contributed by atoms with Gasteiger partial charge in [0.1, 0.15) is 0 Å². The molecule has 1 fully saturated rings. The van der Waals surface area contributed by atoms with E-state index in [4.69, 9.17) is 9.47 Å². The SMILES string of the molecule is COc1nnc(NC2CCOCC2)s1. The molecule has 0 radical (unpaired) electrons. The fourth-order valence-electron chi connectivity index (χ4n) is 1.37. The van der Waals surface area contributed by atoms with Crippen LogP contribution in [0.3, 0.4) is 0 Å². The van der Waals surface area contributed by atoms with Gasteiger partial charge in [0.05, 0.1) is 7.11 Å². The number of methoxy groups -OCH3 is 1. The molecule has 1 saturated heterocycles. The number of hydrogen-bond donors (Lipinski definition) is 1. The molecule has 1 N–H and O–H groups in total. The second-order valence-corrected chi connectivity index (χ2v) is 4.05. The van der Waals surface area contributed by atoms with Crippen LogP contribution in [-0.4, -0.2) is 36.6 Å². The highest BCUT2D eigenvalue weighted by Crippen LogP contribution is 2.23. The van der Waals surface area contributed by atoms with Crippen molar-refractivity contribution >= 4 is 16.5 Å². The molecule has 0 amide bonds. The standard InChI is InChI=1S/C8H13N3O2S/c1-12-8-11-10-7(14-8)9-6-2-4-13-5-3-6/h6H,2-5H2,1H3,(H,9,10). The van der Waals surface area contributed by atoms with Gasteiger partial charge in [-0.15, -0.1) is 5.10 Å². The molecule has 0 aliphatic carbocycles. The normalized spacial score (nSPS) is 18.1. The van der Waals surface area contributed by atoms with Crippen molar-refractivity contribution in [2.24, 2.45) is 0 Å². The van der Waals surface area contributed by atoms with Gasteiger partial charge >= 0.3 is 0 Å². The van der Waals surface area contributed by atoms with E-state index in [9.17, 15) is 0 Å². The summed E-state index contributed by atoms with van der Waals surface area (Å²) in [6.45, 7) is 1.65. The smallest absolute Gasteiger partial charge is 0.295 e. The van der Waals surface area contributed by atoms with E-state index in [1.807, 2.05) is 0 Å². The predicted octanol–water partition coefficient (Wildman–Crippen LogP) is 1.14. The molecule has 1 aliphatic rings. The summed E-state index contributed by atoms with van der Waals surface area (Å²) in [4.78, 5) is 0. The van der Waals surface area contributed by atoms with Crippen LogP contribution >= 0.6 is 11.3 Å². The van der Waals surface area contributed by atoms with Crippen LogP contribution in [0, 0.1) is 0 Å². The molecule has 0 spiro atoms. The Kier molecular flexibility index (Phi) is 3.15. The minimum absolute atomic E-state index is 0.460. The van der Waals surface area contributed by atoms with Gasteiger partial charge in [0.25, 0.3) is 5.19 Å². The molecular formula is C8H13N3O2S. The summed E-state index contributed by atoms with van der Waals surface area (Å²) in [7, 11) is 1.60. The molecule has 1 aliphatic heterocycles. The van der Waals surface area contributed by atoms with E-state index in [0.29, 0.717) is 11.2 Å². The number of hydrogen-bond acceptors (Lipinski definition) is 6. The zero-order chi connectivity index (χ0) is 9.80. The molecule has 0 bridgehead atoms. The zero-order valence-corrected chi connectivity index (χ0v) is 8.84. The van der Waals surface area contributed by atoms with E-state index < -0.39 is 0 Å². The summed E-state index contributed by atoms with van der Waals surface area (Å²) in [5, 5.41) is 12.6. The summed E-state index contributed by atoms with van der Waals surface area (Å²) in [6, 6.07) is 0.460. The van der Waals surface area contributed by atoms with Crippen molar-refractivity contribution in [3.05, 3.63) is 0 Å². The summed E-state index contributed by atoms with van der Waals surface area (Å²) in [5.41, 5.74) is 0. The molecule has 0 aromatic carbocycles. The summed E-state index contributed by atoms with van der Waals surface area (Å²) in [5.74, 6) is 0. The fourth-order valence-corrected chi connectivity index (χ4v) is 2.00. The Morgan fingerprint density at radius 1 is 1.43 bits per heavy atom. The van der Waals surface area contributed by atoms with Crippen molar-refractivity contribution in [1.29, 1.82) is 0 Å². The van der Waals surface area contributed by atoms with Gasteiger partial charge in [-0.1, -0.05) is 5.10 Å². The molecule has 2 rings (SSSR count). The lowest BCUT2D eigenvalue weighted by Crippen LogP contribution is -2.27. The van der Waals surface area contributed by atoms with Crippen molar-refractivity contribution < 1.29 is 9.47 Å². The highest BCUT2D eigenvalue weighted by Gasteiger charge is 2.15. The molecule has 2 heterocycles. The highest BCUT2D eigenvalue weighted by atomic mass is 32.1. The number of ether oxygens (including phenoxy) is 2. The van der Waals surface area contributed by atoms with E-state index in [2.05, 4.69) is 15.5 Å². The number of nitrogens with one attached hydrogen (secondary N) is 1. The Hall–Kier alpha value is -0.880. The Bertz CT molecular complexity index is 286. The largest absolute Gasteiger partial charge is 0.472 e. The second kappa shape index (κ2) is 4.56. The average Bonchev–Trinajstić information content (AvgIpc) is 2.67. The van der Waals surface area contributed by atoms with E-state index in [1.54, 1.807) is 7.11 Å². The minimum atomic E-state index is 0.460. The van der Waals surface area contributed by atoms with Crippen molar-refractivity contribution in [2.75, 3.05) is 25.6 Å². The molecule has 0 saturated carbocycles. The van der Waals surface area contributed by atoms with Crippen molar-refractivity contribution in [3.8, 4) is 5.19 Å². The monoisotopic (exact) mass is 215 g/mol. The maximum Gasteiger partial charge on any atom is 0.295 e. The van der Waals surface area contributed by atoms with Crippen LogP contribution in [0.5, 0.6) is 5.19 Å². The van der Waals surface area contributed by atoms with Crippen LogP contribution in [0.4, 0.5) is 5.13 Å².